The Labute approximate surface area is 127 Å². The van der Waals surface area contributed by atoms with Crippen LogP contribution in [0.3, 0.4) is 0 Å². The summed E-state index contributed by atoms with van der Waals surface area (Å²) in [4.78, 5) is 12.0. The van der Waals surface area contributed by atoms with Crippen molar-refractivity contribution in [3.63, 3.8) is 0 Å². The molecule has 0 fully saturated rings. The lowest BCUT2D eigenvalue weighted by Gasteiger charge is -2.04. The van der Waals surface area contributed by atoms with Crippen molar-refractivity contribution < 1.29 is 9.53 Å². The van der Waals surface area contributed by atoms with E-state index in [1.807, 2.05) is 24.5 Å². The summed E-state index contributed by atoms with van der Waals surface area (Å²) in [6.07, 6.45) is 7.51. The average molecular weight is 296 g/mol. The molecular formula is C16H16N4O2. The van der Waals surface area contributed by atoms with Crippen molar-refractivity contribution in [2.75, 3.05) is 6.61 Å². The molecular weight excluding hydrogens is 280 g/mol. The molecule has 112 valence electrons. The minimum Gasteiger partial charge on any atom is -0.462 e. The van der Waals surface area contributed by atoms with Gasteiger partial charge in [-0.05, 0) is 37.5 Å². The second-order valence-electron chi connectivity index (χ2n) is 5.36. The number of hydrogen-bond donors (Lipinski definition) is 0. The molecule has 1 aliphatic heterocycles. The zero-order valence-electron chi connectivity index (χ0n) is 12.3. The van der Waals surface area contributed by atoms with Crippen molar-refractivity contribution in [2.45, 2.75) is 26.3 Å². The number of ether oxygens (including phenoxy) is 1. The predicted octanol–water partition coefficient (Wildman–Crippen LogP) is 2.32. The van der Waals surface area contributed by atoms with Crippen LogP contribution in [0.4, 0.5) is 0 Å². The fourth-order valence-electron chi connectivity index (χ4n) is 3.02. The van der Waals surface area contributed by atoms with Crippen LogP contribution in [0.5, 0.6) is 0 Å². The molecule has 0 spiro atoms. The first-order valence-corrected chi connectivity index (χ1v) is 7.47. The molecule has 6 heteroatoms. The maximum absolute atomic E-state index is 12.0. The van der Waals surface area contributed by atoms with Gasteiger partial charge in [-0.1, -0.05) is 0 Å². The van der Waals surface area contributed by atoms with Gasteiger partial charge >= 0.3 is 5.97 Å². The van der Waals surface area contributed by atoms with E-state index in [9.17, 15) is 4.79 Å². The first-order valence-electron chi connectivity index (χ1n) is 7.47. The third kappa shape index (κ3) is 1.91. The number of aryl methyl sites for hydroxylation is 1. The number of pyridine rings is 1. The lowest BCUT2D eigenvalue weighted by molar-refractivity contribution is 0.0528. The lowest BCUT2D eigenvalue weighted by Crippen LogP contribution is -2.04. The number of rotatable bonds is 3. The zero-order valence-corrected chi connectivity index (χ0v) is 12.3. The van der Waals surface area contributed by atoms with Gasteiger partial charge < -0.3 is 4.74 Å². The Hall–Kier alpha value is -2.63. The third-order valence-electron chi connectivity index (χ3n) is 4.06. The van der Waals surface area contributed by atoms with Crippen LogP contribution in [0, 0.1) is 0 Å². The zero-order chi connectivity index (χ0) is 15.1. The van der Waals surface area contributed by atoms with E-state index in [0.29, 0.717) is 12.2 Å². The van der Waals surface area contributed by atoms with Gasteiger partial charge in [0.15, 0.2) is 0 Å². The molecule has 0 saturated carbocycles. The summed E-state index contributed by atoms with van der Waals surface area (Å²) in [7, 11) is 0. The van der Waals surface area contributed by atoms with Crippen LogP contribution in [0.2, 0.25) is 0 Å². The number of carbonyl (C=O) groups is 1. The van der Waals surface area contributed by atoms with Crippen molar-refractivity contribution in [1.29, 1.82) is 0 Å². The van der Waals surface area contributed by atoms with Crippen molar-refractivity contribution in [3.8, 4) is 11.1 Å². The molecule has 0 saturated heterocycles. The molecule has 4 heterocycles. The number of fused-ring (bicyclic) bond motifs is 2. The summed E-state index contributed by atoms with van der Waals surface area (Å²) in [6, 6.07) is 3.99. The molecule has 4 rings (SSSR count). The lowest BCUT2D eigenvalue weighted by atomic mass is 10.1. The topological polar surface area (TPSA) is 61.4 Å². The third-order valence-corrected chi connectivity index (χ3v) is 4.06. The molecule has 3 aromatic heterocycles. The molecule has 6 nitrogen and oxygen atoms in total. The van der Waals surface area contributed by atoms with E-state index < -0.39 is 0 Å². The van der Waals surface area contributed by atoms with Gasteiger partial charge in [0.2, 0.25) is 0 Å². The Bertz CT molecular complexity index is 862. The maximum Gasteiger partial charge on any atom is 0.341 e. The molecule has 0 amide bonds. The minimum absolute atomic E-state index is 0.338. The van der Waals surface area contributed by atoms with E-state index in [1.54, 1.807) is 17.6 Å². The Morgan fingerprint density at radius 3 is 3.14 bits per heavy atom. The first kappa shape index (κ1) is 13.1. The van der Waals surface area contributed by atoms with E-state index in [-0.39, 0.29) is 5.97 Å². The molecule has 3 aromatic rings. The summed E-state index contributed by atoms with van der Waals surface area (Å²) in [5.41, 5.74) is 4.71. The standard InChI is InChI=1S/C16H16N4O2/c1-2-22-16(21)13-10-18-20-7-5-11(8-15(13)20)12-9-17-19-6-3-4-14(12)19/h5,7-10H,2-4,6H2,1H3. The van der Waals surface area contributed by atoms with Gasteiger partial charge in [-0.25, -0.2) is 9.31 Å². The van der Waals surface area contributed by atoms with Gasteiger partial charge in [-0.2, -0.15) is 10.2 Å². The largest absolute Gasteiger partial charge is 0.462 e. The molecule has 0 N–H and O–H groups in total. The molecule has 0 radical (unpaired) electrons. The number of hydrogen-bond acceptors (Lipinski definition) is 4. The van der Waals surface area contributed by atoms with Gasteiger partial charge in [0.05, 0.1) is 24.5 Å². The second-order valence-corrected chi connectivity index (χ2v) is 5.36. The van der Waals surface area contributed by atoms with Crippen LogP contribution >= 0.6 is 0 Å². The molecule has 1 aliphatic rings. The highest BCUT2D eigenvalue weighted by Crippen LogP contribution is 2.29. The van der Waals surface area contributed by atoms with E-state index in [1.165, 1.54) is 5.69 Å². The van der Waals surface area contributed by atoms with Crippen LogP contribution in [0.1, 0.15) is 29.4 Å². The Balaban J connectivity index is 1.82. The van der Waals surface area contributed by atoms with Gasteiger partial charge in [0, 0.05) is 24.0 Å². The van der Waals surface area contributed by atoms with Crippen molar-refractivity contribution in [1.82, 2.24) is 19.4 Å². The van der Waals surface area contributed by atoms with Gasteiger partial charge in [0.25, 0.3) is 0 Å². The number of carbonyl (C=O) groups excluding carboxylic acids is 1. The monoisotopic (exact) mass is 296 g/mol. The Morgan fingerprint density at radius 2 is 2.27 bits per heavy atom. The quantitative estimate of drug-likeness (QED) is 0.696. The van der Waals surface area contributed by atoms with Gasteiger partial charge in [-0.3, -0.25) is 4.68 Å². The fraction of sp³-hybridized carbons (Fsp3) is 0.312. The van der Waals surface area contributed by atoms with Crippen LogP contribution in [-0.2, 0) is 17.7 Å². The Kier molecular flexibility index (Phi) is 2.96. The van der Waals surface area contributed by atoms with E-state index >= 15 is 0 Å². The number of aromatic nitrogens is 4. The van der Waals surface area contributed by atoms with Crippen molar-refractivity contribution in [3.05, 3.63) is 42.0 Å². The second kappa shape index (κ2) is 4.98. The van der Waals surface area contributed by atoms with Crippen molar-refractivity contribution >= 4 is 11.5 Å². The number of esters is 1. The molecule has 0 bridgehead atoms. The van der Waals surface area contributed by atoms with E-state index in [4.69, 9.17) is 4.74 Å². The first-order chi connectivity index (χ1) is 10.8. The van der Waals surface area contributed by atoms with E-state index in [2.05, 4.69) is 14.9 Å². The molecule has 0 aromatic carbocycles. The fourth-order valence-corrected chi connectivity index (χ4v) is 3.02. The van der Waals surface area contributed by atoms with Gasteiger partial charge in [0.1, 0.15) is 5.56 Å². The highest BCUT2D eigenvalue weighted by Gasteiger charge is 2.19. The van der Waals surface area contributed by atoms with Crippen LogP contribution < -0.4 is 0 Å². The SMILES string of the molecule is CCOC(=O)c1cnn2ccc(-c3cnn4c3CCC4)cc12. The Morgan fingerprint density at radius 1 is 1.36 bits per heavy atom. The minimum atomic E-state index is -0.338. The summed E-state index contributed by atoms with van der Waals surface area (Å²) in [6.45, 7) is 3.14. The summed E-state index contributed by atoms with van der Waals surface area (Å²) in [5, 5.41) is 8.64. The van der Waals surface area contributed by atoms with Crippen LogP contribution in [-0.4, -0.2) is 32.0 Å². The highest BCUT2D eigenvalue weighted by molar-refractivity contribution is 5.97. The van der Waals surface area contributed by atoms with Crippen LogP contribution in [0.15, 0.2) is 30.7 Å². The predicted molar refractivity (Wildman–Crippen MR) is 80.7 cm³/mol. The molecule has 0 aliphatic carbocycles. The van der Waals surface area contributed by atoms with Crippen molar-refractivity contribution in [2.24, 2.45) is 0 Å². The maximum atomic E-state index is 12.0. The normalized spacial score (nSPS) is 13.5. The molecule has 0 atom stereocenters. The molecule has 0 unspecified atom stereocenters. The highest BCUT2D eigenvalue weighted by atomic mass is 16.5. The molecule has 22 heavy (non-hydrogen) atoms. The van der Waals surface area contributed by atoms with Crippen LogP contribution in [0.25, 0.3) is 16.6 Å². The van der Waals surface area contributed by atoms with Gasteiger partial charge in [-0.15, -0.1) is 0 Å². The smallest absolute Gasteiger partial charge is 0.341 e. The summed E-state index contributed by atoms with van der Waals surface area (Å²) >= 11 is 0. The summed E-state index contributed by atoms with van der Waals surface area (Å²) < 4.78 is 8.84. The average Bonchev–Trinajstić information content (AvgIpc) is 3.21. The number of nitrogens with zero attached hydrogens (tertiary/aromatic N) is 4. The summed E-state index contributed by atoms with van der Waals surface area (Å²) in [5.74, 6) is -0.338. The van der Waals surface area contributed by atoms with E-state index in [0.717, 1.165) is 36.0 Å².